The summed E-state index contributed by atoms with van der Waals surface area (Å²) >= 11 is 0. The van der Waals surface area contributed by atoms with Crippen LogP contribution in [0.2, 0.25) is 0 Å². The van der Waals surface area contributed by atoms with Crippen molar-refractivity contribution in [3.63, 3.8) is 0 Å². The quantitative estimate of drug-likeness (QED) is 0.729. The molecule has 1 aromatic carbocycles. The van der Waals surface area contributed by atoms with E-state index in [-0.39, 0.29) is 0 Å². The van der Waals surface area contributed by atoms with Gasteiger partial charge < -0.3 is 14.8 Å². The molecule has 0 radical (unpaired) electrons. The summed E-state index contributed by atoms with van der Waals surface area (Å²) in [6, 6.07) is 17.4. The van der Waals surface area contributed by atoms with Crippen LogP contribution >= 0.6 is 0 Å². The molecule has 4 rings (SSSR count). The number of benzene rings is 1. The van der Waals surface area contributed by atoms with Crippen LogP contribution in [0.3, 0.4) is 0 Å². The number of hydrogen-bond acceptors (Lipinski definition) is 5. The predicted octanol–water partition coefficient (Wildman–Crippen LogP) is 4.77. The molecule has 5 nitrogen and oxygen atoms in total. The molecule has 3 aromatic rings. The van der Waals surface area contributed by atoms with Crippen molar-refractivity contribution in [2.45, 2.75) is 6.42 Å². The number of nitrogens with zero attached hydrogens (tertiary/aromatic N) is 2. The molecular formula is C20H17N3O2. The molecule has 0 unspecified atom stereocenters. The summed E-state index contributed by atoms with van der Waals surface area (Å²) in [4.78, 5) is 8.61. The summed E-state index contributed by atoms with van der Waals surface area (Å²) in [5.41, 5.74) is 3.02. The Bertz CT molecular complexity index is 877. The van der Waals surface area contributed by atoms with Gasteiger partial charge in [-0.2, -0.15) is 0 Å². The number of pyridine rings is 2. The fourth-order valence-corrected chi connectivity index (χ4v) is 2.60. The van der Waals surface area contributed by atoms with Gasteiger partial charge in [0.05, 0.1) is 12.9 Å². The van der Waals surface area contributed by atoms with E-state index in [1.807, 2.05) is 54.6 Å². The van der Waals surface area contributed by atoms with Gasteiger partial charge in [0.1, 0.15) is 11.6 Å². The van der Waals surface area contributed by atoms with E-state index in [2.05, 4.69) is 15.3 Å². The Balaban J connectivity index is 1.50. The van der Waals surface area contributed by atoms with Crippen molar-refractivity contribution in [1.82, 2.24) is 9.97 Å². The molecule has 0 aliphatic carbocycles. The average Bonchev–Trinajstić information content (AvgIpc) is 3.19. The molecule has 0 spiro atoms. The molecule has 0 bridgehead atoms. The SMILES string of the molecule is C1=C(c2cccnc2Oc2ccc(Nc3ccccn3)cc2)CCO1. The fourth-order valence-electron chi connectivity index (χ4n) is 2.60. The third kappa shape index (κ3) is 3.61. The lowest BCUT2D eigenvalue weighted by Gasteiger charge is -2.11. The maximum absolute atomic E-state index is 5.98. The first-order valence-electron chi connectivity index (χ1n) is 8.10. The van der Waals surface area contributed by atoms with Gasteiger partial charge in [-0.15, -0.1) is 0 Å². The lowest BCUT2D eigenvalue weighted by atomic mass is 10.1. The number of aromatic nitrogens is 2. The highest BCUT2D eigenvalue weighted by Crippen LogP contribution is 2.32. The summed E-state index contributed by atoms with van der Waals surface area (Å²) in [7, 11) is 0. The lowest BCUT2D eigenvalue weighted by Crippen LogP contribution is -1.95. The van der Waals surface area contributed by atoms with Crippen LogP contribution in [0.15, 0.2) is 73.3 Å². The monoisotopic (exact) mass is 331 g/mol. The minimum Gasteiger partial charge on any atom is -0.501 e. The maximum Gasteiger partial charge on any atom is 0.226 e. The van der Waals surface area contributed by atoms with Gasteiger partial charge in [-0.1, -0.05) is 6.07 Å². The van der Waals surface area contributed by atoms with Gasteiger partial charge in [-0.25, -0.2) is 9.97 Å². The Morgan fingerprint density at radius 1 is 0.920 bits per heavy atom. The van der Waals surface area contributed by atoms with E-state index in [1.165, 1.54) is 0 Å². The van der Waals surface area contributed by atoms with Crippen LogP contribution in [-0.2, 0) is 4.74 Å². The zero-order valence-electron chi connectivity index (χ0n) is 13.6. The zero-order chi connectivity index (χ0) is 16.9. The summed E-state index contributed by atoms with van der Waals surface area (Å²) < 4.78 is 11.3. The van der Waals surface area contributed by atoms with Crippen LogP contribution in [0.4, 0.5) is 11.5 Å². The summed E-state index contributed by atoms with van der Waals surface area (Å²) in [6.07, 6.45) is 6.13. The smallest absolute Gasteiger partial charge is 0.226 e. The number of rotatable bonds is 5. The molecular weight excluding hydrogens is 314 g/mol. The third-order valence-electron chi connectivity index (χ3n) is 3.84. The van der Waals surface area contributed by atoms with Crippen LogP contribution in [0.25, 0.3) is 5.57 Å². The normalized spacial score (nSPS) is 13.0. The van der Waals surface area contributed by atoms with Crippen molar-refractivity contribution in [2.24, 2.45) is 0 Å². The standard InChI is InChI=1S/C20H17N3O2/c1-2-11-21-19(5-1)23-16-6-8-17(9-7-16)25-20-18(4-3-12-22-20)15-10-13-24-14-15/h1-9,11-12,14H,10,13H2,(H,21,23). The third-order valence-corrected chi connectivity index (χ3v) is 3.84. The molecule has 124 valence electrons. The Morgan fingerprint density at radius 2 is 1.80 bits per heavy atom. The number of nitrogens with one attached hydrogen (secondary N) is 1. The molecule has 1 aliphatic rings. The second kappa shape index (κ2) is 7.05. The summed E-state index contributed by atoms with van der Waals surface area (Å²) in [5, 5.41) is 3.24. The highest BCUT2D eigenvalue weighted by molar-refractivity contribution is 5.69. The van der Waals surface area contributed by atoms with Crippen LogP contribution in [0, 0.1) is 0 Å². The van der Waals surface area contributed by atoms with Crippen molar-refractivity contribution in [2.75, 3.05) is 11.9 Å². The minimum atomic E-state index is 0.588. The van der Waals surface area contributed by atoms with Crippen molar-refractivity contribution in [3.8, 4) is 11.6 Å². The van der Waals surface area contributed by atoms with Crippen molar-refractivity contribution < 1.29 is 9.47 Å². The highest BCUT2D eigenvalue weighted by Gasteiger charge is 2.14. The van der Waals surface area contributed by atoms with E-state index in [4.69, 9.17) is 9.47 Å². The van der Waals surface area contributed by atoms with Crippen molar-refractivity contribution in [3.05, 3.63) is 78.8 Å². The molecule has 25 heavy (non-hydrogen) atoms. The molecule has 0 amide bonds. The molecule has 0 atom stereocenters. The Hall–Kier alpha value is -3.34. The molecule has 5 heteroatoms. The molecule has 0 fully saturated rings. The molecule has 0 saturated carbocycles. The topological polar surface area (TPSA) is 56.3 Å². The molecule has 0 saturated heterocycles. The van der Waals surface area contributed by atoms with E-state index in [0.29, 0.717) is 12.5 Å². The summed E-state index contributed by atoms with van der Waals surface area (Å²) in [5.74, 6) is 2.12. The largest absolute Gasteiger partial charge is 0.501 e. The van der Waals surface area contributed by atoms with E-state index in [0.717, 1.165) is 34.8 Å². The molecule has 1 N–H and O–H groups in total. The first kappa shape index (κ1) is 15.2. The van der Waals surface area contributed by atoms with E-state index < -0.39 is 0 Å². The highest BCUT2D eigenvalue weighted by atomic mass is 16.5. The van der Waals surface area contributed by atoms with Crippen LogP contribution in [0.1, 0.15) is 12.0 Å². The van der Waals surface area contributed by atoms with Crippen LogP contribution in [0.5, 0.6) is 11.6 Å². The average molecular weight is 331 g/mol. The number of hydrogen-bond donors (Lipinski definition) is 1. The maximum atomic E-state index is 5.98. The first-order chi connectivity index (χ1) is 12.4. The molecule has 1 aliphatic heterocycles. The van der Waals surface area contributed by atoms with Gasteiger partial charge in [0.15, 0.2) is 0 Å². The molecule has 3 heterocycles. The zero-order valence-corrected chi connectivity index (χ0v) is 13.6. The molecule has 2 aromatic heterocycles. The number of ether oxygens (including phenoxy) is 2. The second-order valence-corrected chi connectivity index (χ2v) is 5.59. The van der Waals surface area contributed by atoms with Gasteiger partial charge in [0.2, 0.25) is 5.88 Å². The van der Waals surface area contributed by atoms with Crippen LogP contribution in [-0.4, -0.2) is 16.6 Å². The Morgan fingerprint density at radius 3 is 2.56 bits per heavy atom. The van der Waals surface area contributed by atoms with Crippen molar-refractivity contribution >= 4 is 17.1 Å². The Labute approximate surface area is 146 Å². The van der Waals surface area contributed by atoms with Gasteiger partial charge in [0.25, 0.3) is 0 Å². The van der Waals surface area contributed by atoms with Crippen LogP contribution < -0.4 is 10.1 Å². The van der Waals surface area contributed by atoms with E-state index >= 15 is 0 Å². The van der Waals surface area contributed by atoms with Gasteiger partial charge >= 0.3 is 0 Å². The van der Waals surface area contributed by atoms with Gasteiger partial charge in [-0.3, -0.25) is 0 Å². The summed E-state index contributed by atoms with van der Waals surface area (Å²) in [6.45, 7) is 0.706. The predicted molar refractivity (Wildman–Crippen MR) is 96.8 cm³/mol. The van der Waals surface area contributed by atoms with Gasteiger partial charge in [-0.05, 0) is 48.5 Å². The lowest BCUT2D eigenvalue weighted by molar-refractivity contribution is 0.281. The first-order valence-corrected chi connectivity index (χ1v) is 8.10. The Kier molecular flexibility index (Phi) is 4.29. The van der Waals surface area contributed by atoms with Crippen molar-refractivity contribution in [1.29, 1.82) is 0 Å². The van der Waals surface area contributed by atoms with E-state index in [1.54, 1.807) is 18.7 Å². The second-order valence-electron chi connectivity index (χ2n) is 5.59. The van der Waals surface area contributed by atoms with E-state index in [9.17, 15) is 0 Å². The minimum absolute atomic E-state index is 0.588. The number of anilines is 2. The van der Waals surface area contributed by atoms with Gasteiger partial charge in [0, 0.05) is 35.6 Å². The fraction of sp³-hybridized carbons (Fsp3) is 0.100.